The smallest absolute Gasteiger partial charge is 0.153 e. The minimum atomic E-state index is 0.158. The minimum Gasteiger partial charge on any atom is -0.490 e. The van der Waals surface area contributed by atoms with Crippen LogP contribution in [0.25, 0.3) is 0 Å². The second kappa shape index (κ2) is 5.32. The van der Waals surface area contributed by atoms with E-state index in [9.17, 15) is 4.79 Å². The maximum atomic E-state index is 10.9. The molecule has 1 aromatic carbocycles. The van der Waals surface area contributed by atoms with Crippen molar-refractivity contribution < 1.29 is 14.3 Å². The molecule has 0 bridgehead atoms. The minimum absolute atomic E-state index is 0.158. The lowest BCUT2D eigenvalue weighted by Crippen LogP contribution is -2.18. The lowest BCUT2D eigenvalue weighted by atomic mass is 10.1. The van der Waals surface area contributed by atoms with Gasteiger partial charge < -0.3 is 9.47 Å². The molecule has 0 saturated carbocycles. The summed E-state index contributed by atoms with van der Waals surface area (Å²) in [4.78, 5) is 10.9. The first kappa shape index (κ1) is 12.1. The van der Waals surface area contributed by atoms with Crippen LogP contribution in [0.15, 0.2) is 18.2 Å². The van der Waals surface area contributed by atoms with Crippen LogP contribution in [-0.2, 0) is 4.74 Å². The van der Waals surface area contributed by atoms with E-state index < -0.39 is 0 Å². The van der Waals surface area contributed by atoms with Gasteiger partial charge >= 0.3 is 0 Å². The Morgan fingerprint density at radius 1 is 1.47 bits per heavy atom. The topological polar surface area (TPSA) is 35.5 Å². The molecular weight excluding hydrogens is 216 g/mol. The fourth-order valence-electron chi connectivity index (χ4n) is 2.08. The van der Waals surface area contributed by atoms with Gasteiger partial charge in [-0.15, -0.1) is 0 Å². The summed E-state index contributed by atoms with van der Waals surface area (Å²) in [6.07, 6.45) is 3.43. The Labute approximate surface area is 102 Å². The Bertz CT molecular complexity index is 400. The summed E-state index contributed by atoms with van der Waals surface area (Å²) in [5.74, 6) is 0.647. The van der Waals surface area contributed by atoms with E-state index in [-0.39, 0.29) is 6.10 Å². The molecule has 0 aromatic heterocycles. The standard InChI is InChI=1S/C14H18O3/c1-10-3-6-14(12(7-10)8-15)16-9-13-5-4-11(2)17-13/h3,6-8,11,13H,4-5,9H2,1-2H3. The summed E-state index contributed by atoms with van der Waals surface area (Å²) >= 11 is 0. The van der Waals surface area contributed by atoms with E-state index in [2.05, 4.69) is 6.92 Å². The summed E-state index contributed by atoms with van der Waals surface area (Å²) in [5, 5.41) is 0. The Morgan fingerprint density at radius 3 is 2.94 bits per heavy atom. The molecule has 0 aliphatic carbocycles. The maximum absolute atomic E-state index is 10.9. The van der Waals surface area contributed by atoms with Crippen molar-refractivity contribution in [3.05, 3.63) is 29.3 Å². The lowest BCUT2D eigenvalue weighted by Gasteiger charge is -2.14. The van der Waals surface area contributed by atoms with E-state index in [0.717, 1.165) is 24.7 Å². The van der Waals surface area contributed by atoms with Gasteiger partial charge in [0, 0.05) is 0 Å². The van der Waals surface area contributed by atoms with Crippen molar-refractivity contribution >= 4 is 6.29 Å². The van der Waals surface area contributed by atoms with Gasteiger partial charge in [0.05, 0.1) is 17.8 Å². The highest BCUT2D eigenvalue weighted by molar-refractivity contribution is 5.79. The highest BCUT2D eigenvalue weighted by atomic mass is 16.5. The molecule has 1 aliphatic heterocycles. The summed E-state index contributed by atoms with van der Waals surface area (Å²) in [6.45, 7) is 4.55. The number of benzene rings is 1. The molecule has 2 rings (SSSR count). The Morgan fingerprint density at radius 2 is 2.29 bits per heavy atom. The highest BCUT2D eigenvalue weighted by Gasteiger charge is 2.22. The van der Waals surface area contributed by atoms with Gasteiger partial charge in [0.2, 0.25) is 0 Å². The third-order valence-corrected chi connectivity index (χ3v) is 3.04. The molecule has 0 N–H and O–H groups in total. The molecule has 1 fully saturated rings. The van der Waals surface area contributed by atoms with Crippen molar-refractivity contribution in [2.45, 2.75) is 38.9 Å². The Kier molecular flexibility index (Phi) is 3.79. The van der Waals surface area contributed by atoms with Crippen LogP contribution in [0, 0.1) is 6.92 Å². The Balaban J connectivity index is 1.96. The highest BCUT2D eigenvalue weighted by Crippen LogP contribution is 2.22. The second-order valence-electron chi connectivity index (χ2n) is 4.62. The monoisotopic (exact) mass is 234 g/mol. The van der Waals surface area contributed by atoms with E-state index >= 15 is 0 Å². The van der Waals surface area contributed by atoms with Crippen molar-refractivity contribution in [1.29, 1.82) is 0 Å². The van der Waals surface area contributed by atoms with Crippen LogP contribution in [0.5, 0.6) is 5.75 Å². The SMILES string of the molecule is Cc1ccc(OCC2CCC(C)O2)c(C=O)c1. The summed E-state index contributed by atoms with van der Waals surface area (Å²) in [5.41, 5.74) is 1.67. The summed E-state index contributed by atoms with van der Waals surface area (Å²) < 4.78 is 11.3. The van der Waals surface area contributed by atoms with Crippen molar-refractivity contribution in [2.75, 3.05) is 6.61 Å². The zero-order valence-electron chi connectivity index (χ0n) is 10.3. The zero-order chi connectivity index (χ0) is 12.3. The van der Waals surface area contributed by atoms with Gasteiger partial charge in [0.1, 0.15) is 12.4 Å². The van der Waals surface area contributed by atoms with E-state index in [1.165, 1.54) is 0 Å². The summed E-state index contributed by atoms with van der Waals surface area (Å²) in [6, 6.07) is 5.62. The number of aryl methyl sites for hydroxylation is 1. The molecule has 1 aromatic rings. The van der Waals surface area contributed by atoms with Gasteiger partial charge in [-0.1, -0.05) is 11.6 Å². The number of hydrogen-bond acceptors (Lipinski definition) is 3. The van der Waals surface area contributed by atoms with Gasteiger partial charge in [-0.05, 0) is 38.8 Å². The number of aldehydes is 1. The second-order valence-corrected chi connectivity index (χ2v) is 4.62. The number of carbonyl (C=O) groups excluding carboxylic acids is 1. The molecule has 0 radical (unpaired) electrons. The maximum Gasteiger partial charge on any atom is 0.153 e. The molecule has 1 saturated heterocycles. The molecule has 17 heavy (non-hydrogen) atoms. The molecular formula is C14H18O3. The van der Waals surface area contributed by atoms with Crippen LogP contribution in [-0.4, -0.2) is 25.1 Å². The fraction of sp³-hybridized carbons (Fsp3) is 0.500. The largest absolute Gasteiger partial charge is 0.490 e. The van der Waals surface area contributed by atoms with Crippen LogP contribution in [0.4, 0.5) is 0 Å². The predicted molar refractivity (Wildman–Crippen MR) is 65.6 cm³/mol. The molecule has 3 nitrogen and oxygen atoms in total. The van der Waals surface area contributed by atoms with E-state index in [4.69, 9.17) is 9.47 Å². The van der Waals surface area contributed by atoms with E-state index in [1.54, 1.807) is 0 Å². The molecule has 1 heterocycles. The molecule has 2 atom stereocenters. The van der Waals surface area contributed by atoms with Crippen LogP contribution in [0.2, 0.25) is 0 Å². The first-order valence-corrected chi connectivity index (χ1v) is 6.03. The van der Waals surface area contributed by atoms with Crippen LogP contribution >= 0.6 is 0 Å². The average molecular weight is 234 g/mol. The third kappa shape index (κ3) is 3.07. The molecule has 92 valence electrons. The Hall–Kier alpha value is -1.35. The lowest BCUT2D eigenvalue weighted by molar-refractivity contribution is 0.0263. The van der Waals surface area contributed by atoms with Crippen LogP contribution < -0.4 is 4.74 Å². The molecule has 0 amide bonds. The van der Waals surface area contributed by atoms with Gasteiger partial charge in [0.25, 0.3) is 0 Å². The molecule has 0 spiro atoms. The van der Waals surface area contributed by atoms with Gasteiger partial charge in [0.15, 0.2) is 6.29 Å². The summed E-state index contributed by atoms with van der Waals surface area (Å²) in [7, 11) is 0. The molecule has 1 aliphatic rings. The van der Waals surface area contributed by atoms with Crippen molar-refractivity contribution in [1.82, 2.24) is 0 Å². The normalized spacial score (nSPS) is 23.6. The first-order chi connectivity index (χ1) is 8.19. The van der Waals surface area contributed by atoms with Crippen molar-refractivity contribution in [3.63, 3.8) is 0 Å². The third-order valence-electron chi connectivity index (χ3n) is 3.04. The fourth-order valence-corrected chi connectivity index (χ4v) is 2.08. The number of carbonyl (C=O) groups is 1. The number of hydrogen-bond donors (Lipinski definition) is 0. The molecule has 2 unspecified atom stereocenters. The predicted octanol–water partition coefficient (Wildman–Crippen LogP) is 2.75. The molecule has 3 heteroatoms. The van der Waals surface area contributed by atoms with Gasteiger partial charge in [-0.25, -0.2) is 0 Å². The first-order valence-electron chi connectivity index (χ1n) is 6.03. The van der Waals surface area contributed by atoms with Gasteiger partial charge in [-0.3, -0.25) is 4.79 Å². The van der Waals surface area contributed by atoms with Crippen molar-refractivity contribution in [2.24, 2.45) is 0 Å². The van der Waals surface area contributed by atoms with Crippen LogP contribution in [0.3, 0.4) is 0 Å². The number of ether oxygens (including phenoxy) is 2. The quantitative estimate of drug-likeness (QED) is 0.751. The van der Waals surface area contributed by atoms with Crippen molar-refractivity contribution in [3.8, 4) is 5.75 Å². The zero-order valence-corrected chi connectivity index (χ0v) is 10.3. The number of rotatable bonds is 4. The van der Waals surface area contributed by atoms with E-state index in [0.29, 0.717) is 24.0 Å². The average Bonchev–Trinajstić information content (AvgIpc) is 2.73. The van der Waals surface area contributed by atoms with Crippen LogP contribution in [0.1, 0.15) is 35.7 Å². The van der Waals surface area contributed by atoms with E-state index in [1.807, 2.05) is 25.1 Å². The van der Waals surface area contributed by atoms with Gasteiger partial charge in [-0.2, -0.15) is 0 Å².